The number of ether oxygens (including phenoxy) is 1. The normalized spacial score (nSPS) is 18.1. The van der Waals surface area contributed by atoms with Crippen molar-refractivity contribution in [2.75, 3.05) is 5.32 Å². The first kappa shape index (κ1) is 19.8. The Kier molecular flexibility index (Phi) is 6.18. The monoisotopic (exact) mass is 345 g/mol. The summed E-state index contributed by atoms with van der Waals surface area (Å²) in [6.45, 7) is 13.7. The maximum absolute atomic E-state index is 11.6. The lowest BCUT2D eigenvalue weighted by atomic mass is 9.69. The molecule has 3 heteroatoms. The fourth-order valence-corrected chi connectivity index (χ4v) is 4.10. The number of carbonyl (C=O) groups excluding carboxylic acids is 1. The molecule has 2 atom stereocenters. The zero-order valence-electron chi connectivity index (χ0n) is 16.9. The number of carbonyl (C=O) groups is 1. The zero-order chi connectivity index (χ0) is 18.7. The SMILES string of the molecule is CCCC(C)(CC)C(C)CC(C)(C)Oc1ccc2c(c1)NC(=O)CC2. The number of fused-ring (bicyclic) bond motifs is 1. The number of anilines is 1. The third kappa shape index (κ3) is 4.99. The molecule has 1 heterocycles. The highest BCUT2D eigenvalue weighted by atomic mass is 16.5. The van der Waals surface area contributed by atoms with Crippen molar-refractivity contribution < 1.29 is 9.53 Å². The van der Waals surface area contributed by atoms with Gasteiger partial charge in [-0.05, 0) is 56.1 Å². The number of rotatable bonds is 8. The van der Waals surface area contributed by atoms with Gasteiger partial charge < -0.3 is 10.1 Å². The van der Waals surface area contributed by atoms with Crippen LogP contribution in [0.3, 0.4) is 0 Å². The van der Waals surface area contributed by atoms with Crippen molar-refractivity contribution in [2.45, 2.75) is 85.7 Å². The molecule has 1 amide bonds. The summed E-state index contributed by atoms with van der Waals surface area (Å²) in [4.78, 5) is 11.6. The largest absolute Gasteiger partial charge is 0.488 e. The number of benzene rings is 1. The van der Waals surface area contributed by atoms with Crippen molar-refractivity contribution in [3.8, 4) is 5.75 Å². The summed E-state index contributed by atoms with van der Waals surface area (Å²) in [7, 11) is 0. The lowest BCUT2D eigenvalue weighted by Gasteiger charge is -2.39. The van der Waals surface area contributed by atoms with Crippen molar-refractivity contribution in [3.05, 3.63) is 23.8 Å². The Labute approximate surface area is 153 Å². The Morgan fingerprint density at radius 1 is 1.20 bits per heavy atom. The molecule has 1 aliphatic heterocycles. The summed E-state index contributed by atoms with van der Waals surface area (Å²) < 4.78 is 6.34. The van der Waals surface area contributed by atoms with E-state index in [-0.39, 0.29) is 11.5 Å². The van der Waals surface area contributed by atoms with Gasteiger partial charge in [0.25, 0.3) is 0 Å². The van der Waals surface area contributed by atoms with Crippen LogP contribution in [0.25, 0.3) is 0 Å². The molecule has 2 rings (SSSR count). The first-order valence-corrected chi connectivity index (χ1v) is 9.81. The molecular formula is C22H35NO2. The maximum Gasteiger partial charge on any atom is 0.224 e. The molecule has 0 spiro atoms. The molecule has 0 saturated heterocycles. The van der Waals surface area contributed by atoms with Crippen LogP contribution in [0.5, 0.6) is 5.75 Å². The van der Waals surface area contributed by atoms with E-state index in [4.69, 9.17) is 4.74 Å². The summed E-state index contributed by atoms with van der Waals surface area (Å²) in [5.74, 6) is 1.52. The van der Waals surface area contributed by atoms with E-state index < -0.39 is 0 Å². The average molecular weight is 346 g/mol. The molecule has 0 saturated carbocycles. The standard InChI is InChI=1S/C22H35NO2/c1-7-13-22(6,8-2)16(3)15-21(4,5)25-18-11-9-17-10-12-20(24)23-19(17)14-18/h9,11,14,16H,7-8,10,12-13,15H2,1-6H3,(H,23,24). The molecule has 1 aromatic carbocycles. The predicted molar refractivity (Wildman–Crippen MR) is 105 cm³/mol. The molecule has 1 N–H and O–H groups in total. The lowest BCUT2D eigenvalue weighted by molar-refractivity contribution is -0.116. The van der Waals surface area contributed by atoms with Gasteiger partial charge >= 0.3 is 0 Å². The number of nitrogens with one attached hydrogen (secondary N) is 1. The first-order valence-electron chi connectivity index (χ1n) is 9.81. The van der Waals surface area contributed by atoms with Gasteiger partial charge in [-0.3, -0.25) is 4.79 Å². The maximum atomic E-state index is 11.6. The van der Waals surface area contributed by atoms with Crippen LogP contribution in [0.4, 0.5) is 5.69 Å². The van der Waals surface area contributed by atoms with Gasteiger partial charge in [-0.15, -0.1) is 0 Å². The van der Waals surface area contributed by atoms with Gasteiger partial charge in [0.15, 0.2) is 0 Å². The summed E-state index contributed by atoms with van der Waals surface area (Å²) >= 11 is 0. The molecule has 1 aromatic rings. The third-order valence-electron chi connectivity index (χ3n) is 5.99. The lowest BCUT2D eigenvalue weighted by Crippen LogP contribution is -2.36. The minimum absolute atomic E-state index is 0.0933. The van der Waals surface area contributed by atoms with E-state index >= 15 is 0 Å². The van der Waals surface area contributed by atoms with Crippen molar-refractivity contribution >= 4 is 11.6 Å². The molecule has 0 aliphatic carbocycles. The van der Waals surface area contributed by atoms with Crippen LogP contribution in [-0.2, 0) is 11.2 Å². The van der Waals surface area contributed by atoms with Crippen LogP contribution in [0, 0.1) is 11.3 Å². The second kappa shape index (κ2) is 7.80. The minimum Gasteiger partial charge on any atom is -0.488 e. The van der Waals surface area contributed by atoms with Gasteiger partial charge in [-0.2, -0.15) is 0 Å². The van der Waals surface area contributed by atoms with Gasteiger partial charge in [0.2, 0.25) is 5.91 Å². The number of aryl methyl sites for hydroxylation is 1. The first-order chi connectivity index (χ1) is 11.7. The van der Waals surface area contributed by atoms with Gasteiger partial charge in [0.05, 0.1) is 0 Å². The minimum atomic E-state index is -0.240. The van der Waals surface area contributed by atoms with Gasteiger partial charge in [-0.25, -0.2) is 0 Å². The Morgan fingerprint density at radius 3 is 2.56 bits per heavy atom. The third-order valence-corrected chi connectivity index (χ3v) is 5.99. The predicted octanol–water partition coefficient (Wildman–Crippen LogP) is 5.97. The van der Waals surface area contributed by atoms with Crippen LogP contribution in [0.2, 0.25) is 0 Å². The highest BCUT2D eigenvalue weighted by Gasteiger charge is 2.34. The summed E-state index contributed by atoms with van der Waals surface area (Å²) in [6, 6.07) is 6.09. The van der Waals surface area contributed by atoms with Crippen LogP contribution in [-0.4, -0.2) is 11.5 Å². The smallest absolute Gasteiger partial charge is 0.224 e. The summed E-state index contributed by atoms with van der Waals surface area (Å²) in [5.41, 5.74) is 2.22. The second-order valence-electron chi connectivity index (χ2n) is 8.59. The van der Waals surface area contributed by atoms with E-state index in [1.54, 1.807) is 0 Å². The van der Waals surface area contributed by atoms with Crippen molar-refractivity contribution in [1.82, 2.24) is 0 Å². The van der Waals surface area contributed by atoms with E-state index in [1.807, 2.05) is 12.1 Å². The molecule has 140 valence electrons. The molecule has 0 aromatic heterocycles. The fourth-order valence-electron chi connectivity index (χ4n) is 4.10. The van der Waals surface area contributed by atoms with Crippen LogP contribution in [0.1, 0.15) is 79.2 Å². The van der Waals surface area contributed by atoms with E-state index in [9.17, 15) is 4.79 Å². The van der Waals surface area contributed by atoms with Crippen molar-refractivity contribution in [2.24, 2.45) is 11.3 Å². The van der Waals surface area contributed by atoms with Crippen molar-refractivity contribution in [3.63, 3.8) is 0 Å². The molecule has 3 nitrogen and oxygen atoms in total. The average Bonchev–Trinajstić information content (AvgIpc) is 2.53. The molecule has 0 bridgehead atoms. The van der Waals surface area contributed by atoms with Crippen LogP contribution < -0.4 is 10.1 Å². The summed E-state index contributed by atoms with van der Waals surface area (Å²) in [5, 5.41) is 2.96. The molecule has 1 aliphatic rings. The number of hydrogen-bond donors (Lipinski definition) is 1. The Bertz CT molecular complexity index is 608. The molecular weight excluding hydrogens is 310 g/mol. The second-order valence-corrected chi connectivity index (χ2v) is 8.59. The van der Waals surface area contributed by atoms with E-state index in [0.29, 0.717) is 17.8 Å². The topological polar surface area (TPSA) is 38.3 Å². The van der Waals surface area contributed by atoms with Crippen molar-refractivity contribution in [1.29, 1.82) is 0 Å². The summed E-state index contributed by atoms with van der Waals surface area (Å²) in [6.07, 6.45) is 6.08. The van der Waals surface area contributed by atoms with Crippen LogP contribution >= 0.6 is 0 Å². The quantitative estimate of drug-likeness (QED) is 0.630. The van der Waals surface area contributed by atoms with Gasteiger partial charge in [-0.1, -0.05) is 46.6 Å². The molecule has 25 heavy (non-hydrogen) atoms. The van der Waals surface area contributed by atoms with E-state index in [0.717, 1.165) is 24.3 Å². The Morgan fingerprint density at radius 2 is 1.92 bits per heavy atom. The number of hydrogen-bond acceptors (Lipinski definition) is 2. The van der Waals surface area contributed by atoms with Crippen LogP contribution in [0.15, 0.2) is 18.2 Å². The Hall–Kier alpha value is -1.51. The fraction of sp³-hybridized carbons (Fsp3) is 0.682. The molecule has 0 fully saturated rings. The van der Waals surface area contributed by atoms with Gasteiger partial charge in [0, 0.05) is 18.2 Å². The zero-order valence-corrected chi connectivity index (χ0v) is 16.9. The Balaban J connectivity index is 2.08. The molecule has 2 unspecified atom stereocenters. The highest BCUT2D eigenvalue weighted by Crippen LogP contribution is 2.41. The molecule has 0 radical (unpaired) electrons. The van der Waals surface area contributed by atoms with Gasteiger partial charge in [0.1, 0.15) is 11.4 Å². The number of amides is 1. The highest BCUT2D eigenvalue weighted by molar-refractivity contribution is 5.94. The van der Waals surface area contributed by atoms with E-state index in [2.05, 4.69) is 52.9 Å². The van der Waals surface area contributed by atoms with E-state index in [1.165, 1.54) is 24.8 Å².